The molecule has 1 amide bonds. The largest absolute Gasteiger partial charge is 0.435 e. The lowest BCUT2D eigenvalue weighted by Gasteiger charge is -2.15. The van der Waals surface area contributed by atoms with Crippen molar-refractivity contribution >= 4 is 23.5 Å². The van der Waals surface area contributed by atoms with Crippen molar-refractivity contribution in [1.82, 2.24) is 4.98 Å². The molecule has 2 rings (SSSR count). The molecule has 0 aliphatic rings. The predicted molar refractivity (Wildman–Crippen MR) is 89.3 cm³/mol. The van der Waals surface area contributed by atoms with E-state index in [4.69, 9.17) is 0 Å². The molecule has 0 unspecified atom stereocenters. The van der Waals surface area contributed by atoms with Crippen LogP contribution in [0.3, 0.4) is 0 Å². The molecule has 0 atom stereocenters. The third-order valence-electron chi connectivity index (χ3n) is 3.00. The van der Waals surface area contributed by atoms with E-state index >= 15 is 0 Å². The normalized spacial score (nSPS) is 10.9. The van der Waals surface area contributed by atoms with E-state index in [1.54, 1.807) is 41.4 Å². The molecule has 0 aliphatic carbocycles. The van der Waals surface area contributed by atoms with Crippen LogP contribution in [0, 0.1) is 0 Å². The minimum atomic E-state index is -2.86. The molecule has 1 N–H and O–H groups in total. The number of benzene rings is 1. The SMILES string of the molecule is CN(C)c1ncccc1NC(=O)C=Cc1ccc(OC(F)F)cc1. The molecule has 126 valence electrons. The molecule has 0 saturated carbocycles. The van der Waals surface area contributed by atoms with Crippen LogP contribution in [0.2, 0.25) is 0 Å². The Hall–Kier alpha value is -2.96. The van der Waals surface area contributed by atoms with Crippen molar-refractivity contribution in [1.29, 1.82) is 0 Å². The lowest BCUT2D eigenvalue weighted by Crippen LogP contribution is -2.16. The van der Waals surface area contributed by atoms with Gasteiger partial charge in [-0.25, -0.2) is 4.98 Å². The second-order valence-corrected chi connectivity index (χ2v) is 5.04. The van der Waals surface area contributed by atoms with Crippen molar-refractivity contribution in [3.05, 3.63) is 54.2 Å². The molecule has 0 spiro atoms. The number of nitrogens with zero attached hydrogens (tertiary/aromatic N) is 2. The molecule has 1 heterocycles. The van der Waals surface area contributed by atoms with E-state index in [0.29, 0.717) is 17.1 Å². The summed E-state index contributed by atoms with van der Waals surface area (Å²) in [6.45, 7) is -2.86. The van der Waals surface area contributed by atoms with Crippen molar-refractivity contribution in [3.8, 4) is 5.75 Å². The Labute approximate surface area is 138 Å². The van der Waals surface area contributed by atoms with Gasteiger partial charge in [0, 0.05) is 26.4 Å². The third-order valence-corrected chi connectivity index (χ3v) is 3.00. The molecule has 24 heavy (non-hydrogen) atoms. The summed E-state index contributed by atoms with van der Waals surface area (Å²) in [7, 11) is 3.66. The van der Waals surface area contributed by atoms with Crippen LogP contribution in [0.4, 0.5) is 20.3 Å². The molecule has 2 aromatic rings. The van der Waals surface area contributed by atoms with Gasteiger partial charge in [0.2, 0.25) is 5.91 Å². The van der Waals surface area contributed by atoms with E-state index in [1.165, 1.54) is 18.2 Å². The zero-order valence-electron chi connectivity index (χ0n) is 13.2. The monoisotopic (exact) mass is 333 g/mol. The summed E-state index contributed by atoms with van der Waals surface area (Å²) in [5, 5.41) is 2.75. The molecule has 1 aromatic heterocycles. The topological polar surface area (TPSA) is 54.5 Å². The van der Waals surface area contributed by atoms with Gasteiger partial charge in [0.15, 0.2) is 5.82 Å². The maximum absolute atomic E-state index is 12.1. The van der Waals surface area contributed by atoms with Crippen LogP contribution in [0.5, 0.6) is 5.75 Å². The van der Waals surface area contributed by atoms with Gasteiger partial charge in [-0.15, -0.1) is 0 Å². The van der Waals surface area contributed by atoms with Gasteiger partial charge in [-0.2, -0.15) is 8.78 Å². The number of amides is 1. The van der Waals surface area contributed by atoms with Crippen LogP contribution < -0.4 is 15.0 Å². The average molecular weight is 333 g/mol. The van der Waals surface area contributed by atoms with Crippen LogP contribution in [-0.2, 0) is 4.79 Å². The Bertz CT molecular complexity index is 716. The summed E-state index contributed by atoms with van der Waals surface area (Å²) in [4.78, 5) is 18.0. The standard InChI is InChI=1S/C17H17F2N3O2/c1-22(2)16-14(4-3-11-20-16)21-15(23)10-7-12-5-8-13(9-6-12)24-17(18)19/h3-11,17H,1-2H3,(H,21,23). The lowest BCUT2D eigenvalue weighted by atomic mass is 10.2. The number of alkyl halides is 2. The zero-order valence-corrected chi connectivity index (χ0v) is 13.2. The van der Waals surface area contributed by atoms with Crippen LogP contribution in [0.25, 0.3) is 6.08 Å². The molecule has 5 nitrogen and oxygen atoms in total. The van der Waals surface area contributed by atoms with Gasteiger partial charge < -0.3 is 15.0 Å². The van der Waals surface area contributed by atoms with E-state index < -0.39 is 6.61 Å². The highest BCUT2D eigenvalue weighted by atomic mass is 19.3. The van der Waals surface area contributed by atoms with E-state index in [2.05, 4.69) is 15.0 Å². The Morgan fingerprint density at radius 3 is 2.58 bits per heavy atom. The summed E-state index contributed by atoms with van der Waals surface area (Å²) in [5.74, 6) is 0.393. The average Bonchev–Trinajstić information content (AvgIpc) is 2.54. The fourth-order valence-corrected chi connectivity index (χ4v) is 1.96. The minimum absolute atomic E-state index is 0.0672. The molecule has 0 bridgehead atoms. The summed E-state index contributed by atoms with van der Waals surface area (Å²) in [5.41, 5.74) is 1.28. The number of nitrogens with one attached hydrogen (secondary N) is 1. The number of pyridine rings is 1. The Balaban J connectivity index is 2.01. The maximum atomic E-state index is 12.1. The highest BCUT2D eigenvalue weighted by Gasteiger charge is 2.07. The summed E-state index contributed by atoms with van der Waals surface area (Å²) < 4.78 is 28.4. The first kappa shape index (κ1) is 17.4. The van der Waals surface area contributed by atoms with Crippen LogP contribution in [-0.4, -0.2) is 31.6 Å². The Morgan fingerprint density at radius 2 is 1.96 bits per heavy atom. The van der Waals surface area contributed by atoms with Gasteiger partial charge in [-0.3, -0.25) is 4.79 Å². The second-order valence-electron chi connectivity index (χ2n) is 5.04. The van der Waals surface area contributed by atoms with Gasteiger partial charge in [0.05, 0.1) is 5.69 Å². The fraction of sp³-hybridized carbons (Fsp3) is 0.176. The van der Waals surface area contributed by atoms with E-state index in [1.807, 2.05) is 14.1 Å². The van der Waals surface area contributed by atoms with Crippen LogP contribution >= 0.6 is 0 Å². The molecule has 0 fully saturated rings. The fourth-order valence-electron chi connectivity index (χ4n) is 1.96. The van der Waals surface area contributed by atoms with E-state index in [9.17, 15) is 13.6 Å². The number of ether oxygens (including phenoxy) is 1. The van der Waals surface area contributed by atoms with Crippen molar-refractivity contribution < 1.29 is 18.3 Å². The van der Waals surface area contributed by atoms with Crippen LogP contribution in [0.15, 0.2) is 48.7 Å². The number of hydrogen-bond donors (Lipinski definition) is 1. The number of halogens is 2. The number of carbonyl (C=O) groups is 1. The minimum Gasteiger partial charge on any atom is -0.435 e. The Morgan fingerprint density at radius 1 is 1.25 bits per heavy atom. The molecule has 0 saturated heterocycles. The van der Waals surface area contributed by atoms with Gasteiger partial charge in [-0.05, 0) is 35.9 Å². The third kappa shape index (κ3) is 5.05. The number of carbonyl (C=O) groups excluding carboxylic acids is 1. The summed E-state index contributed by atoms with van der Waals surface area (Å²) in [6, 6.07) is 9.47. The highest BCUT2D eigenvalue weighted by Crippen LogP contribution is 2.20. The van der Waals surface area contributed by atoms with Gasteiger partial charge in [-0.1, -0.05) is 12.1 Å². The van der Waals surface area contributed by atoms with Crippen molar-refractivity contribution in [2.75, 3.05) is 24.3 Å². The summed E-state index contributed by atoms with van der Waals surface area (Å²) >= 11 is 0. The predicted octanol–water partition coefficient (Wildman–Crippen LogP) is 3.40. The smallest absolute Gasteiger partial charge is 0.387 e. The van der Waals surface area contributed by atoms with Crippen molar-refractivity contribution in [3.63, 3.8) is 0 Å². The number of hydrogen-bond acceptors (Lipinski definition) is 4. The zero-order chi connectivity index (χ0) is 17.5. The van der Waals surface area contributed by atoms with Crippen LogP contribution in [0.1, 0.15) is 5.56 Å². The highest BCUT2D eigenvalue weighted by molar-refractivity contribution is 6.03. The Kier molecular flexibility index (Phi) is 5.83. The maximum Gasteiger partial charge on any atom is 0.387 e. The lowest BCUT2D eigenvalue weighted by molar-refractivity contribution is -0.111. The van der Waals surface area contributed by atoms with E-state index in [-0.39, 0.29) is 11.7 Å². The first-order chi connectivity index (χ1) is 11.5. The quantitative estimate of drug-likeness (QED) is 0.823. The molecule has 1 aromatic carbocycles. The van der Waals surface area contributed by atoms with Gasteiger partial charge in [0.25, 0.3) is 0 Å². The molecule has 0 radical (unpaired) electrons. The van der Waals surface area contributed by atoms with E-state index in [0.717, 1.165) is 0 Å². The second kappa shape index (κ2) is 8.05. The first-order valence-electron chi connectivity index (χ1n) is 7.12. The number of aromatic nitrogens is 1. The summed E-state index contributed by atoms with van der Waals surface area (Å²) in [6.07, 6.45) is 4.58. The van der Waals surface area contributed by atoms with Gasteiger partial charge >= 0.3 is 6.61 Å². The number of anilines is 2. The molecule has 7 heteroatoms. The molecular formula is C17H17F2N3O2. The molecular weight excluding hydrogens is 316 g/mol. The molecule has 0 aliphatic heterocycles. The van der Waals surface area contributed by atoms with Crippen molar-refractivity contribution in [2.24, 2.45) is 0 Å². The number of rotatable bonds is 6. The van der Waals surface area contributed by atoms with Crippen molar-refractivity contribution in [2.45, 2.75) is 6.61 Å². The first-order valence-corrected chi connectivity index (χ1v) is 7.12. The van der Waals surface area contributed by atoms with Gasteiger partial charge in [0.1, 0.15) is 5.75 Å².